The number of carbonyl (C=O) groups excluding carboxylic acids is 2. The van der Waals surface area contributed by atoms with Crippen molar-refractivity contribution in [2.45, 2.75) is 0 Å². The summed E-state index contributed by atoms with van der Waals surface area (Å²) in [4.78, 5) is 34.4. The van der Waals surface area contributed by atoms with Crippen LogP contribution in [-0.2, 0) is 9.59 Å². The predicted molar refractivity (Wildman–Crippen MR) is 78.1 cm³/mol. The van der Waals surface area contributed by atoms with Crippen LogP contribution < -0.4 is 15.8 Å². The molecule has 0 radical (unpaired) electrons. The third-order valence-corrected chi connectivity index (χ3v) is 2.86. The molecule has 0 aliphatic carbocycles. The predicted octanol–water partition coefficient (Wildman–Crippen LogP) is 0.862. The summed E-state index contributed by atoms with van der Waals surface area (Å²) >= 11 is 3.24. The maximum atomic E-state index is 12.0. The van der Waals surface area contributed by atoms with Crippen LogP contribution in [0.15, 0.2) is 22.7 Å². The van der Waals surface area contributed by atoms with Gasteiger partial charge in [-0.1, -0.05) is 15.9 Å². The number of urea groups is 1. The summed E-state index contributed by atoms with van der Waals surface area (Å²) in [5.41, 5.74) is 5.33. The molecule has 8 nitrogen and oxygen atoms in total. The molecular formula is C12H14BrN3O5. The van der Waals surface area contributed by atoms with Crippen molar-refractivity contribution in [1.82, 2.24) is 4.90 Å². The largest absolute Gasteiger partial charge is 0.495 e. The number of nitrogens with two attached hydrogens (primary N) is 1. The van der Waals surface area contributed by atoms with E-state index in [1.165, 1.54) is 7.11 Å². The van der Waals surface area contributed by atoms with E-state index in [4.69, 9.17) is 15.6 Å². The Balaban J connectivity index is 2.92. The zero-order valence-corrected chi connectivity index (χ0v) is 12.7. The first-order chi connectivity index (χ1) is 9.83. The highest BCUT2D eigenvalue weighted by molar-refractivity contribution is 9.10. The molecule has 1 rings (SSSR count). The molecule has 0 aromatic heterocycles. The average Bonchev–Trinajstić information content (AvgIpc) is 2.37. The van der Waals surface area contributed by atoms with Crippen LogP contribution in [0.1, 0.15) is 0 Å². The van der Waals surface area contributed by atoms with Crippen molar-refractivity contribution in [3.05, 3.63) is 22.7 Å². The van der Waals surface area contributed by atoms with Gasteiger partial charge in [-0.05, 0) is 18.2 Å². The molecule has 21 heavy (non-hydrogen) atoms. The molecule has 0 aliphatic rings. The first-order valence-electron chi connectivity index (χ1n) is 5.73. The SMILES string of the molecule is COc1ccc(Br)cc1NC(=O)N(CC(N)=O)CC(=O)O. The summed E-state index contributed by atoms with van der Waals surface area (Å²) < 4.78 is 5.77. The Morgan fingerprint density at radius 2 is 2.05 bits per heavy atom. The third kappa shape index (κ3) is 5.30. The number of carbonyl (C=O) groups is 3. The number of primary amides is 1. The van der Waals surface area contributed by atoms with Gasteiger partial charge < -0.3 is 25.8 Å². The van der Waals surface area contributed by atoms with Gasteiger partial charge >= 0.3 is 12.0 Å². The maximum Gasteiger partial charge on any atom is 0.323 e. The quantitative estimate of drug-likeness (QED) is 0.695. The van der Waals surface area contributed by atoms with Crippen molar-refractivity contribution in [1.29, 1.82) is 0 Å². The number of hydrogen-bond donors (Lipinski definition) is 3. The van der Waals surface area contributed by atoms with Gasteiger partial charge in [-0.2, -0.15) is 0 Å². The second-order valence-electron chi connectivity index (χ2n) is 3.99. The normalized spacial score (nSPS) is 9.81. The van der Waals surface area contributed by atoms with Crippen LogP contribution in [0.2, 0.25) is 0 Å². The van der Waals surface area contributed by atoms with Gasteiger partial charge in [0.05, 0.1) is 12.8 Å². The third-order valence-electron chi connectivity index (χ3n) is 2.36. The number of nitrogens with one attached hydrogen (secondary N) is 1. The van der Waals surface area contributed by atoms with Crippen LogP contribution in [-0.4, -0.2) is 48.1 Å². The van der Waals surface area contributed by atoms with Crippen molar-refractivity contribution in [3.63, 3.8) is 0 Å². The van der Waals surface area contributed by atoms with Gasteiger partial charge in [0, 0.05) is 4.47 Å². The molecule has 3 amide bonds. The maximum absolute atomic E-state index is 12.0. The Morgan fingerprint density at radius 1 is 1.38 bits per heavy atom. The zero-order valence-electron chi connectivity index (χ0n) is 11.1. The van der Waals surface area contributed by atoms with Crippen LogP contribution >= 0.6 is 15.9 Å². The van der Waals surface area contributed by atoms with E-state index in [1.54, 1.807) is 18.2 Å². The number of rotatable bonds is 6. The first kappa shape index (κ1) is 16.8. The number of aliphatic carboxylic acids is 1. The minimum Gasteiger partial charge on any atom is -0.495 e. The Morgan fingerprint density at radius 3 is 2.57 bits per heavy atom. The average molecular weight is 360 g/mol. The summed E-state index contributed by atoms with van der Waals surface area (Å²) in [6, 6.07) is 4.15. The van der Waals surface area contributed by atoms with E-state index in [0.717, 1.165) is 4.90 Å². The van der Waals surface area contributed by atoms with Crippen LogP contribution in [0.5, 0.6) is 5.75 Å². The number of benzene rings is 1. The van der Waals surface area contributed by atoms with Gasteiger partial charge in [0.25, 0.3) is 0 Å². The summed E-state index contributed by atoms with van der Waals surface area (Å²) in [5.74, 6) is -1.68. The van der Waals surface area contributed by atoms with Crippen LogP contribution in [0.3, 0.4) is 0 Å². The molecule has 114 valence electrons. The number of nitrogens with zero attached hydrogens (tertiary/aromatic N) is 1. The number of carboxylic acid groups (broad SMARTS) is 1. The molecule has 0 saturated carbocycles. The van der Waals surface area contributed by atoms with E-state index in [0.29, 0.717) is 15.9 Å². The minimum atomic E-state index is -1.26. The molecule has 1 aromatic rings. The molecule has 9 heteroatoms. The molecule has 0 unspecified atom stereocenters. The Labute approximate surface area is 129 Å². The van der Waals surface area contributed by atoms with Crippen molar-refractivity contribution in [2.75, 3.05) is 25.5 Å². The number of anilines is 1. The van der Waals surface area contributed by atoms with Gasteiger partial charge in [-0.25, -0.2) is 4.79 Å². The molecule has 0 bridgehead atoms. The fourth-order valence-corrected chi connectivity index (χ4v) is 1.88. The molecule has 0 aliphatic heterocycles. The van der Waals surface area contributed by atoms with E-state index in [-0.39, 0.29) is 0 Å². The van der Waals surface area contributed by atoms with Crippen LogP contribution in [0.4, 0.5) is 10.5 Å². The van der Waals surface area contributed by atoms with E-state index in [1.807, 2.05) is 0 Å². The molecule has 0 saturated heterocycles. The van der Waals surface area contributed by atoms with Crippen molar-refractivity contribution < 1.29 is 24.2 Å². The lowest BCUT2D eigenvalue weighted by Crippen LogP contribution is -2.43. The van der Waals surface area contributed by atoms with Gasteiger partial charge in [0.2, 0.25) is 5.91 Å². The van der Waals surface area contributed by atoms with Crippen molar-refractivity contribution in [2.24, 2.45) is 5.73 Å². The van der Waals surface area contributed by atoms with Crippen LogP contribution in [0, 0.1) is 0 Å². The highest BCUT2D eigenvalue weighted by atomic mass is 79.9. The number of halogens is 1. The monoisotopic (exact) mass is 359 g/mol. The highest BCUT2D eigenvalue weighted by Gasteiger charge is 2.20. The van der Waals surface area contributed by atoms with Gasteiger partial charge in [0.1, 0.15) is 18.8 Å². The fraction of sp³-hybridized carbons (Fsp3) is 0.250. The van der Waals surface area contributed by atoms with E-state index in [9.17, 15) is 14.4 Å². The number of ether oxygens (including phenoxy) is 1. The fourth-order valence-electron chi connectivity index (χ4n) is 1.52. The Kier molecular flexibility index (Phi) is 5.97. The second-order valence-corrected chi connectivity index (χ2v) is 4.91. The number of amides is 3. The second kappa shape index (κ2) is 7.48. The summed E-state index contributed by atoms with van der Waals surface area (Å²) in [5, 5.41) is 11.2. The molecule has 1 aromatic carbocycles. The smallest absolute Gasteiger partial charge is 0.323 e. The number of carboxylic acids is 1. The molecule has 0 spiro atoms. The molecule has 0 heterocycles. The Bertz CT molecular complexity index is 548. The molecule has 0 atom stereocenters. The van der Waals surface area contributed by atoms with Crippen molar-refractivity contribution in [3.8, 4) is 5.75 Å². The van der Waals surface area contributed by atoms with Gasteiger partial charge in [0.15, 0.2) is 0 Å². The number of hydrogen-bond acceptors (Lipinski definition) is 4. The van der Waals surface area contributed by atoms with Crippen molar-refractivity contribution >= 4 is 39.5 Å². The summed E-state index contributed by atoms with van der Waals surface area (Å²) in [6.07, 6.45) is 0. The van der Waals surface area contributed by atoms with E-state index >= 15 is 0 Å². The lowest BCUT2D eigenvalue weighted by atomic mass is 10.3. The van der Waals surface area contributed by atoms with E-state index < -0.39 is 31.0 Å². The highest BCUT2D eigenvalue weighted by Crippen LogP contribution is 2.28. The molecule has 0 fully saturated rings. The van der Waals surface area contributed by atoms with Gasteiger partial charge in [-0.3, -0.25) is 9.59 Å². The summed E-state index contributed by atoms with van der Waals surface area (Å²) in [7, 11) is 1.43. The van der Waals surface area contributed by atoms with Gasteiger partial charge in [-0.15, -0.1) is 0 Å². The first-order valence-corrected chi connectivity index (χ1v) is 6.52. The van der Waals surface area contributed by atoms with E-state index in [2.05, 4.69) is 21.2 Å². The standard InChI is InChI=1S/C12H14BrN3O5/c1-21-9-3-2-7(13)4-8(9)15-12(20)16(5-10(14)17)6-11(18)19/h2-4H,5-6H2,1H3,(H2,14,17)(H,15,20)(H,18,19). The van der Waals surface area contributed by atoms with Crippen LogP contribution in [0.25, 0.3) is 0 Å². The minimum absolute atomic E-state index is 0.330. The number of methoxy groups -OCH3 is 1. The zero-order chi connectivity index (χ0) is 16.0. The lowest BCUT2D eigenvalue weighted by molar-refractivity contribution is -0.137. The summed E-state index contributed by atoms with van der Waals surface area (Å²) in [6.45, 7) is -1.15. The molecule has 4 N–H and O–H groups in total. The lowest BCUT2D eigenvalue weighted by Gasteiger charge is -2.20. The molecular weight excluding hydrogens is 346 g/mol. The Hall–Kier alpha value is -2.29. The topological polar surface area (TPSA) is 122 Å².